The van der Waals surface area contributed by atoms with Crippen molar-refractivity contribution in [3.05, 3.63) is 62.8 Å². The van der Waals surface area contributed by atoms with Gasteiger partial charge in [0.05, 0.1) is 5.69 Å². The van der Waals surface area contributed by atoms with E-state index in [0.29, 0.717) is 43.1 Å². The zero-order valence-electron chi connectivity index (χ0n) is 20.7. The van der Waals surface area contributed by atoms with E-state index in [-0.39, 0.29) is 17.2 Å². The Balaban J connectivity index is 1.30. The summed E-state index contributed by atoms with van der Waals surface area (Å²) in [6.45, 7) is 7.45. The summed E-state index contributed by atoms with van der Waals surface area (Å²) in [5.41, 5.74) is 3.45. The van der Waals surface area contributed by atoms with Crippen molar-refractivity contribution < 1.29 is 13.6 Å². The normalized spacial score (nSPS) is 17.3. The second kappa shape index (κ2) is 10.1. The number of likely N-dealkylation sites (tertiary alicyclic amines) is 1. The Bertz CT molecular complexity index is 1300. The second-order valence-electron chi connectivity index (χ2n) is 9.89. The highest BCUT2D eigenvalue weighted by molar-refractivity contribution is 5.93. The first-order valence-corrected chi connectivity index (χ1v) is 13.1. The molecule has 0 bridgehead atoms. The number of rotatable bonds is 7. The maximum absolute atomic E-state index is 13.7. The lowest BCUT2D eigenvalue weighted by atomic mass is 9.87. The monoisotopic (exact) mass is 479 g/mol. The minimum absolute atomic E-state index is 0.0136. The molecule has 1 aromatic carbocycles. The van der Waals surface area contributed by atoms with E-state index in [9.17, 15) is 14.0 Å². The van der Waals surface area contributed by atoms with E-state index in [1.165, 1.54) is 17.7 Å². The number of fused-ring (bicyclic) bond motifs is 2. The largest absolute Gasteiger partial charge is 0.461 e. The van der Waals surface area contributed by atoms with Gasteiger partial charge >= 0.3 is 0 Å². The third-order valence-electron chi connectivity index (χ3n) is 7.63. The number of hydrogen-bond donors (Lipinski definition) is 0. The van der Waals surface area contributed by atoms with Crippen molar-refractivity contribution in [3.63, 3.8) is 0 Å². The van der Waals surface area contributed by atoms with Crippen molar-refractivity contribution in [1.29, 1.82) is 0 Å². The molecule has 2 aromatic heterocycles. The summed E-state index contributed by atoms with van der Waals surface area (Å²) in [4.78, 5) is 32.7. The van der Waals surface area contributed by atoms with Gasteiger partial charge in [0, 0.05) is 48.5 Å². The van der Waals surface area contributed by atoms with Gasteiger partial charge in [-0.15, -0.1) is 0 Å². The van der Waals surface area contributed by atoms with Gasteiger partial charge in [-0.1, -0.05) is 20.3 Å². The number of ketones is 1. The molecule has 0 atom stereocenters. The minimum atomic E-state index is -0.269. The molecule has 0 saturated carbocycles. The van der Waals surface area contributed by atoms with E-state index in [1.54, 1.807) is 4.57 Å². The first kappa shape index (κ1) is 23.9. The lowest BCUT2D eigenvalue weighted by Crippen LogP contribution is -2.38. The van der Waals surface area contributed by atoms with Gasteiger partial charge in [0.1, 0.15) is 17.2 Å². The van der Waals surface area contributed by atoms with Crippen LogP contribution in [0.5, 0.6) is 0 Å². The molecule has 0 N–H and O–H groups in total. The molecule has 0 unspecified atom stereocenters. The Kier molecular flexibility index (Phi) is 6.87. The number of aryl methyl sites for hydroxylation is 2. The van der Waals surface area contributed by atoms with E-state index in [1.807, 2.05) is 6.07 Å². The molecule has 1 saturated heterocycles. The number of carbonyl (C=O) groups is 1. The summed E-state index contributed by atoms with van der Waals surface area (Å²) >= 11 is 0. The van der Waals surface area contributed by atoms with Gasteiger partial charge < -0.3 is 9.32 Å². The van der Waals surface area contributed by atoms with E-state index < -0.39 is 0 Å². The molecule has 2 aliphatic rings. The highest BCUT2D eigenvalue weighted by Crippen LogP contribution is 2.38. The maximum atomic E-state index is 13.7. The Morgan fingerprint density at radius 3 is 2.66 bits per heavy atom. The number of hydrogen-bond acceptors (Lipinski definition) is 5. The molecule has 7 heteroatoms. The van der Waals surface area contributed by atoms with Crippen molar-refractivity contribution in [3.8, 4) is 0 Å². The number of nitrogens with zero attached hydrogens (tertiary/aromatic N) is 3. The van der Waals surface area contributed by atoms with Crippen LogP contribution < -0.4 is 5.56 Å². The average Bonchev–Trinajstić information content (AvgIpc) is 3.22. The van der Waals surface area contributed by atoms with Gasteiger partial charge in [-0.2, -0.15) is 0 Å². The smallest absolute Gasteiger partial charge is 0.257 e. The molecule has 0 spiro atoms. The zero-order valence-corrected chi connectivity index (χ0v) is 20.7. The van der Waals surface area contributed by atoms with Crippen LogP contribution in [0, 0.1) is 5.82 Å². The molecular weight excluding hydrogens is 445 g/mol. The topological polar surface area (TPSA) is 68.3 Å². The number of furan rings is 1. The van der Waals surface area contributed by atoms with Crippen LogP contribution in [0.1, 0.15) is 85.1 Å². The molecular formula is C28H34FN3O3. The number of Topliss-reactive ketones (excluding diaryl/α,β-unsaturated/α-hetero) is 1. The Labute approximate surface area is 205 Å². The summed E-state index contributed by atoms with van der Waals surface area (Å²) < 4.78 is 21.3. The highest BCUT2D eigenvalue weighted by Gasteiger charge is 2.28. The SMILES string of the molecule is CCCc1nc2n(c(=O)c1CCN1CCC(c3c(CC)oc4cc(F)ccc34)CC1)CCCC2=O. The van der Waals surface area contributed by atoms with Gasteiger partial charge in [0.25, 0.3) is 5.56 Å². The van der Waals surface area contributed by atoms with Crippen LogP contribution in [0.4, 0.5) is 4.39 Å². The Hall–Kier alpha value is -2.80. The number of carbonyl (C=O) groups excluding carboxylic acids is 1. The molecule has 5 rings (SSSR count). The van der Waals surface area contributed by atoms with Crippen LogP contribution in [0.3, 0.4) is 0 Å². The average molecular weight is 480 g/mol. The van der Waals surface area contributed by atoms with Gasteiger partial charge in [-0.05, 0) is 63.2 Å². The number of piperidine rings is 1. The fourth-order valence-electron chi connectivity index (χ4n) is 5.83. The quantitative estimate of drug-likeness (QED) is 0.475. The summed E-state index contributed by atoms with van der Waals surface area (Å²) in [5, 5.41) is 1.04. The van der Waals surface area contributed by atoms with Crippen LogP contribution in [-0.2, 0) is 25.8 Å². The summed E-state index contributed by atoms with van der Waals surface area (Å²) in [6.07, 6.45) is 6.29. The van der Waals surface area contributed by atoms with Crippen molar-refractivity contribution in [1.82, 2.24) is 14.5 Å². The summed E-state index contributed by atoms with van der Waals surface area (Å²) in [6, 6.07) is 4.85. The maximum Gasteiger partial charge on any atom is 0.257 e. The third kappa shape index (κ3) is 4.58. The van der Waals surface area contributed by atoms with Gasteiger partial charge in [0.15, 0.2) is 11.6 Å². The van der Waals surface area contributed by atoms with E-state index >= 15 is 0 Å². The van der Waals surface area contributed by atoms with E-state index in [4.69, 9.17) is 4.42 Å². The molecule has 186 valence electrons. The summed E-state index contributed by atoms with van der Waals surface area (Å²) in [5.74, 6) is 1.43. The predicted octanol–water partition coefficient (Wildman–Crippen LogP) is 5.04. The highest BCUT2D eigenvalue weighted by atomic mass is 19.1. The minimum Gasteiger partial charge on any atom is -0.461 e. The predicted molar refractivity (Wildman–Crippen MR) is 134 cm³/mol. The van der Waals surface area contributed by atoms with Crippen LogP contribution in [0.2, 0.25) is 0 Å². The molecule has 0 amide bonds. The zero-order chi connectivity index (χ0) is 24.5. The van der Waals surface area contributed by atoms with Crippen molar-refractivity contribution in [2.24, 2.45) is 0 Å². The fourth-order valence-corrected chi connectivity index (χ4v) is 5.83. The van der Waals surface area contributed by atoms with Crippen molar-refractivity contribution >= 4 is 16.8 Å². The molecule has 2 aliphatic heterocycles. The molecule has 4 heterocycles. The van der Waals surface area contributed by atoms with Gasteiger partial charge in [-0.25, -0.2) is 9.37 Å². The first-order valence-electron chi connectivity index (χ1n) is 13.1. The van der Waals surface area contributed by atoms with Gasteiger partial charge in [0.2, 0.25) is 0 Å². The van der Waals surface area contributed by atoms with E-state index in [2.05, 4.69) is 23.7 Å². The van der Waals surface area contributed by atoms with Crippen LogP contribution >= 0.6 is 0 Å². The standard InChI is InChI=1S/C28H34FN3O3/c1-3-6-22-20(28(34)32-13-5-7-23(33)27(32)30-22)12-16-31-14-10-18(11-15-31)26-21-9-8-19(29)17-25(21)35-24(26)4-2/h8-9,17-18H,3-7,10-16H2,1-2H3. The number of aromatic nitrogens is 2. The number of halogens is 1. The Morgan fingerprint density at radius 1 is 1.11 bits per heavy atom. The molecule has 0 radical (unpaired) electrons. The van der Waals surface area contributed by atoms with Crippen LogP contribution in [0.15, 0.2) is 27.4 Å². The second-order valence-corrected chi connectivity index (χ2v) is 9.89. The van der Waals surface area contributed by atoms with Crippen molar-refractivity contribution in [2.75, 3.05) is 19.6 Å². The molecule has 1 fully saturated rings. The lowest BCUT2D eigenvalue weighted by Gasteiger charge is -2.32. The first-order chi connectivity index (χ1) is 17.0. The van der Waals surface area contributed by atoms with Crippen LogP contribution in [0.25, 0.3) is 11.0 Å². The Morgan fingerprint density at radius 2 is 1.91 bits per heavy atom. The molecule has 0 aliphatic carbocycles. The molecule has 6 nitrogen and oxygen atoms in total. The fraction of sp³-hybridized carbons (Fsp3) is 0.536. The number of benzene rings is 1. The molecule has 35 heavy (non-hydrogen) atoms. The lowest BCUT2D eigenvalue weighted by molar-refractivity contribution is 0.0945. The van der Waals surface area contributed by atoms with Crippen molar-refractivity contribution in [2.45, 2.75) is 77.7 Å². The third-order valence-corrected chi connectivity index (χ3v) is 7.63. The van der Waals surface area contributed by atoms with Crippen LogP contribution in [-0.4, -0.2) is 39.9 Å². The summed E-state index contributed by atoms with van der Waals surface area (Å²) in [7, 11) is 0. The van der Waals surface area contributed by atoms with E-state index in [0.717, 1.165) is 74.1 Å². The van der Waals surface area contributed by atoms with Gasteiger partial charge in [-0.3, -0.25) is 14.2 Å². The molecule has 3 aromatic rings.